The third-order valence-electron chi connectivity index (χ3n) is 2.98. The standard InChI is InChI=1S/C13H14N4O4/c1-3-16-7-8(2)12(13(16)19)15-14-10-6-9(17(20)21)4-5-11(10)18/h4-7,18-19H,3H2,1-2H3. The molecule has 0 aliphatic carbocycles. The minimum Gasteiger partial charge on any atom is -0.506 e. The number of aromatic hydroxyl groups is 2. The molecule has 2 N–H and O–H groups in total. The molecule has 0 atom stereocenters. The quantitative estimate of drug-likeness (QED) is 0.509. The molecule has 0 aliphatic heterocycles. The molecule has 1 aromatic heterocycles. The number of rotatable bonds is 4. The Balaban J connectivity index is 2.40. The smallest absolute Gasteiger partial charge is 0.271 e. The topological polar surface area (TPSA) is 113 Å². The molecule has 0 unspecified atom stereocenters. The van der Waals surface area contributed by atoms with E-state index in [4.69, 9.17) is 0 Å². The summed E-state index contributed by atoms with van der Waals surface area (Å²) in [5, 5.41) is 37.9. The predicted molar refractivity (Wildman–Crippen MR) is 75.4 cm³/mol. The van der Waals surface area contributed by atoms with Crippen LogP contribution < -0.4 is 0 Å². The fraction of sp³-hybridized carbons (Fsp3) is 0.231. The molecule has 8 nitrogen and oxygen atoms in total. The van der Waals surface area contributed by atoms with E-state index in [1.165, 1.54) is 12.1 Å². The second-order valence-electron chi connectivity index (χ2n) is 4.40. The molecule has 110 valence electrons. The number of phenolic OH excluding ortho intramolecular Hbond substituents is 1. The van der Waals surface area contributed by atoms with Gasteiger partial charge < -0.3 is 14.8 Å². The Morgan fingerprint density at radius 2 is 2.05 bits per heavy atom. The van der Waals surface area contributed by atoms with Gasteiger partial charge in [0.15, 0.2) is 5.69 Å². The molecule has 0 aliphatic rings. The zero-order valence-corrected chi connectivity index (χ0v) is 11.5. The van der Waals surface area contributed by atoms with E-state index in [1.54, 1.807) is 17.7 Å². The maximum absolute atomic E-state index is 10.7. The van der Waals surface area contributed by atoms with Gasteiger partial charge >= 0.3 is 0 Å². The van der Waals surface area contributed by atoms with Gasteiger partial charge in [0.05, 0.1) is 4.92 Å². The van der Waals surface area contributed by atoms with Crippen LogP contribution in [0.1, 0.15) is 12.5 Å². The lowest BCUT2D eigenvalue weighted by Gasteiger charge is -1.99. The molecule has 0 saturated carbocycles. The SMILES string of the molecule is CCn1cc(C)c(N=Nc2cc([N+](=O)[O-])ccc2O)c1O. The summed E-state index contributed by atoms with van der Waals surface area (Å²) in [6, 6.07) is 3.46. The molecule has 8 heteroatoms. The molecule has 0 amide bonds. The summed E-state index contributed by atoms with van der Waals surface area (Å²) in [4.78, 5) is 10.1. The highest BCUT2D eigenvalue weighted by molar-refractivity contribution is 5.58. The Bertz CT molecular complexity index is 721. The lowest BCUT2D eigenvalue weighted by molar-refractivity contribution is -0.384. The van der Waals surface area contributed by atoms with Crippen molar-refractivity contribution in [2.45, 2.75) is 20.4 Å². The Hall–Kier alpha value is -2.90. The predicted octanol–water partition coefficient (Wildman–Crippen LogP) is 3.55. The summed E-state index contributed by atoms with van der Waals surface area (Å²) >= 11 is 0. The number of aryl methyl sites for hydroxylation is 2. The molecular weight excluding hydrogens is 276 g/mol. The Labute approximate surface area is 120 Å². The van der Waals surface area contributed by atoms with E-state index in [0.29, 0.717) is 12.1 Å². The van der Waals surface area contributed by atoms with Gasteiger partial charge in [0.2, 0.25) is 5.88 Å². The van der Waals surface area contributed by atoms with E-state index in [9.17, 15) is 20.3 Å². The molecule has 0 spiro atoms. The van der Waals surface area contributed by atoms with Gasteiger partial charge in [0.1, 0.15) is 11.4 Å². The second-order valence-corrected chi connectivity index (χ2v) is 4.40. The second kappa shape index (κ2) is 5.61. The van der Waals surface area contributed by atoms with Crippen LogP contribution in [0, 0.1) is 17.0 Å². The number of hydrogen-bond acceptors (Lipinski definition) is 6. The third-order valence-corrected chi connectivity index (χ3v) is 2.98. The number of nitro groups is 1. The monoisotopic (exact) mass is 290 g/mol. The fourth-order valence-electron chi connectivity index (χ4n) is 1.84. The van der Waals surface area contributed by atoms with Crippen molar-refractivity contribution in [2.75, 3.05) is 0 Å². The lowest BCUT2D eigenvalue weighted by Crippen LogP contribution is -1.88. The van der Waals surface area contributed by atoms with Crippen molar-refractivity contribution in [3.8, 4) is 11.6 Å². The van der Waals surface area contributed by atoms with Gasteiger partial charge in [-0.05, 0) is 25.5 Å². The van der Waals surface area contributed by atoms with Crippen LogP contribution in [-0.4, -0.2) is 19.7 Å². The minimum absolute atomic E-state index is 0.0350. The Morgan fingerprint density at radius 3 is 2.62 bits per heavy atom. The highest BCUT2D eigenvalue weighted by Crippen LogP contribution is 2.36. The number of benzene rings is 1. The van der Waals surface area contributed by atoms with Gasteiger partial charge in [-0.15, -0.1) is 10.2 Å². The van der Waals surface area contributed by atoms with Gasteiger partial charge in [-0.2, -0.15) is 0 Å². The van der Waals surface area contributed by atoms with Crippen molar-refractivity contribution >= 4 is 17.1 Å². The zero-order chi connectivity index (χ0) is 15.6. The maximum Gasteiger partial charge on any atom is 0.271 e. The number of azo groups is 1. The van der Waals surface area contributed by atoms with Crippen LogP contribution in [0.5, 0.6) is 11.6 Å². The first-order valence-electron chi connectivity index (χ1n) is 6.22. The summed E-state index contributed by atoms with van der Waals surface area (Å²) in [6.45, 7) is 4.20. The molecule has 21 heavy (non-hydrogen) atoms. The number of non-ortho nitro benzene ring substituents is 1. The van der Waals surface area contributed by atoms with E-state index in [-0.39, 0.29) is 28.7 Å². The number of hydrogen-bond donors (Lipinski definition) is 2. The first kappa shape index (κ1) is 14.5. The number of aromatic nitrogens is 1. The molecule has 2 aromatic rings. The van der Waals surface area contributed by atoms with Crippen LogP contribution in [0.4, 0.5) is 17.1 Å². The van der Waals surface area contributed by atoms with Crippen molar-refractivity contribution in [3.63, 3.8) is 0 Å². The van der Waals surface area contributed by atoms with E-state index in [0.717, 1.165) is 6.07 Å². The van der Waals surface area contributed by atoms with Crippen LogP contribution >= 0.6 is 0 Å². The van der Waals surface area contributed by atoms with E-state index < -0.39 is 4.92 Å². The van der Waals surface area contributed by atoms with E-state index in [1.807, 2.05) is 6.92 Å². The van der Waals surface area contributed by atoms with Crippen molar-refractivity contribution in [1.82, 2.24) is 4.57 Å². The molecule has 0 radical (unpaired) electrons. The molecule has 0 saturated heterocycles. The van der Waals surface area contributed by atoms with Gasteiger partial charge in [-0.3, -0.25) is 10.1 Å². The first-order valence-corrected chi connectivity index (χ1v) is 6.22. The molecule has 2 rings (SSSR count). The number of phenols is 1. The molecule has 0 fully saturated rings. The molecule has 1 heterocycles. The summed E-state index contributed by atoms with van der Waals surface area (Å²) < 4.78 is 1.59. The summed E-state index contributed by atoms with van der Waals surface area (Å²) in [5.74, 6) is -0.264. The van der Waals surface area contributed by atoms with Crippen molar-refractivity contribution in [3.05, 3.63) is 40.1 Å². The van der Waals surface area contributed by atoms with Gasteiger partial charge in [-0.25, -0.2) is 0 Å². The van der Waals surface area contributed by atoms with Gasteiger partial charge in [0, 0.05) is 24.9 Å². The first-order chi connectivity index (χ1) is 9.93. The minimum atomic E-state index is -0.589. The Morgan fingerprint density at radius 1 is 1.33 bits per heavy atom. The largest absolute Gasteiger partial charge is 0.506 e. The lowest BCUT2D eigenvalue weighted by atomic mass is 10.2. The molecule has 0 bridgehead atoms. The average Bonchev–Trinajstić information content (AvgIpc) is 2.72. The average molecular weight is 290 g/mol. The van der Waals surface area contributed by atoms with Crippen molar-refractivity contribution in [2.24, 2.45) is 10.2 Å². The highest BCUT2D eigenvalue weighted by atomic mass is 16.6. The van der Waals surface area contributed by atoms with Gasteiger partial charge in [0.25, 0.3) is 5.69 Å². The van der Waals surface area contributed by atoms with Crippen LogP contribution in [0.2, 0.25) is 0 Å². The maximum atomic E-state index is 10.7. The number of nitrogens with zero attached hydrogens (tertiary/aromatic N) is 4. The zero-order valence-electron chi connectivity index (χ0n) is 11.5. The summed E-state index contributed by atoms with van der Waals surface area (Å²) in [7, 11) is 0. The van der Waals surface area contributed by atoms with Crippen LogP contribution in [0.3, 0.4) is 0 Å². The fourth-order valence-corrected chi connectivity index (χ4v) is 1.84. The van der Waals surface area contributed by atoms with Crippen molar-refractivity contribution in [1.29, 1.82) is 0 Å². The highest BCUT2D eigenvalue weighted by Gasteiger charge is 2.13. The van der Waals surface area contributed by atoms with E-state index >= 15 is 0 Å². The van der Waals surface area contributed by atoms with Crippen LogP contribution in [0.25, 0.3) is 0 Å². The van der Waals surface area contributed by atoms with Gasteiger partial charge in [-0.1, -0.05) is 0 Å². The Kier molecular flexibility index (Phi) is 3.88. The third kappa shape index (κ3) is 2.83. The van der Waals surface area contributed by atoms with Crippen molar-refractivity contribution < 1.29 is 15.1 Å². The van der Waals surface area contributed by atoms with Crippen LogP contribution in [0.15, 0.2) is 34.6 Å². The normalized spacial score (nSPS) is 11.1. The van der Waals surface area contributed by atoms with Crippen LogP contribution in [-0.2, 0) is 6.54 Å². The summed E-state index contributed by atoms with van der Waals surface area (Å²) in [6.07, 6.45) is 1.72. The molecule has 1 aromatic carbocycles. The number of nitro benzene ring substituents is 1. The van der Waals surface area contributed by atoms with E-state index in [2.05, 4.69) is 10.2 Å². The summed E-state index contributed by atoms with van der Waals surface area (Å²) in [5.41, 5.74) is 0.742. The molecular formula is C13H14N4O4.